The second kappa shape index (κ2) is 2.95. The highest BCUT2D eigenvalue weighted by molar-refractivity contribution is 9.10. The fourth-order valence-corrected chi connectivity index (χ4v) is 1.34. The van der Waals surface area contributed by atoms with Gasteiger partial charge < -0.3 is 0 Å². The summed E-state index contributed by atoms with van der Waals surface area (Å²) in [5.74, 6) is 0. The summed E-state index contributed by atoms with van der Waals surface area (Å²) >= 11 is 13.1. The lowest BCUT2D eigenvalue weighted by Crippen LogP contribution is -1.69. The average Bonchev–Trinajstić information content (AvgIpc) is 1.83. The predicted molar refractivity (Wildman–Crippen MR) is 46.4 cm³/mol. The van der Waals surface area contributed by atoms with Gasteiger partial charge in [0.05, 0.1) is 5.02 Å². The van der Waals surface area contributed by atoms with Crippen molar-refractivity contribution in [3.63, 3.8) is 0 Å². The molecule has 0 fully saturated rings. The van der Waals surface area contributed by atoms with Crippen LogP contribution in [-0.4, -0.2) is 0 Å². The minimum Gasteiger partial charge on any atom is -0.142 e. The summed E-state index contributed by atoms with van der Waals surface area (Å²) < 4.78 is 0.886. The molecule has 0 N–H and O–H groups in total. The summed E-state index contributed by atoms with van der Waals surface area (Å²) in [6.45, 7) is 0. The molecule has 48 valence electrons. The maximum atomic E-state index is 5.75. The van der Waals surface area contributed by atoms with Crippen molar-refractivity contribution < 1.29 is 0 Å². The van der Waals surface area contributed by atoms with E-state index in [-0.39, 0.29) is 0 Å². The van der Waals surface area contributed by atoms with Crippen molar-refractivity contribution >= 4 is 40.2 Å². The Hall–Kier alpha value is 0.340. The summed E-state index contributed by atoms with van der Waals surface area (Å²) in [6, 6.07) is 5.61. The third-order valence-electron chi connectivity index (χ3n) is 0.931. The first-order valence-electron chi connectivity index (χ1n) is 2.35. The van der Waals surface area contributed by atoms with Gasteiger partial charge >= 0.3 is 0 Å². The normalized spacial score (nSPS) is 9.67. The summed E-state index contributed by atoms with van der Waals surface area (Å²) in [7, 11) is 0. The van der Waals surface area contributed by atoms with E-state index in [9.17, 15) is 0 Å². The zero-order valence-corrected chi connectivity index (χ0v) is 7.67. The van der Waals surface area contributed by atoms with Crippen molar-refractivity contribution in [2.24, 2.45) is 0 Å². The first-order chi connectivity index (χ1) is 4.22. The second-order valence-corrected chi connectivity index (χ2v) is 3.29. The van der Waals surface area contributed by atoms with E-state index >= 15 is 0 Å². The minimum absolute atomic E-state index is 0.667. The van der Waals surface area contributed by atoms with Crippen LogP contribution < -0.4 is 0 Å². The Morgan fingerprint density at radius 1 is 1.44 bits per heavy atom. The Kier molecular flexibility index (Phi) is 2.44. The molecule has 1 rings (SSSR count). The Morgan fingerprint density at radius 3 is 2.56 bits per heavy atom. The maximum Gasteiger partial charge on any atom is 0.0681 e. The summed E-state index contributed by atoms with van der Waals surface area (Å²) in [5, 5.41) is 0.667. The number of thiol groups is 1. The molecule has 0 radical (unpaired) electrons. The van der Waals surface area contributed by atoms with Gasteiger partial charge in [0.2, 0.25) is 0 Å². The highest BCUT2D eigenvalue weighted by Crippen LogP contribution is 2.27. The standard InChI is InChI=1S/C6H4BrClS/c7-4-2-1-3-5(9)6(4)8/h1-3,9H. The molecular formula is C6H4BrClS. The van der Waals surface area contributed by atoms with Gasteiger partial charge in [0.1, 0.15) is 0 Å². The van der Waals surface area contributed by atoms with Gasteiger partial charge in [0.25, 0.3) is 0 Å². The second-order valence-electron chi connectivity index (χ2n) is 1.57. The topological polar surface area (TPSA) is 0 Å². The molecule has 0 bridgehead atoms. The molecule has 0 nitrogen and oxygen atoms in total. The number of rotatable bonds is 0. The maximum absolute atomic E-state index is 5.75. The first kappa shape index (κ1) is 7.45. The minimum atomic E-state index is 0.667. The SMILES string of the molecule is Sc1cccc(Br)c1Cl. The number of benzene rings is 1. The van der Waals surface area contributed by atoms with Crippen molar-refractivity contribution in [1.29, 1.82) is 0 Å². The lowest BCUT2D eigenvalue weighted by atomic mass is 10.4. The van der Waals surface area contributed by atoms with Crippen LogP contribution in [0.25, 0.3) is 0 Å². The highest BCUT2D eigenvalue weighted by Gasteiger charge is 1.97. The molecule has 0 saturated carbocycles. The van der Waals surface area contributed by atoms with E-state index in [1.165, 1.54) is 0 Å². The van der Waals surface area contributed by atoms with Gasteiger partial charge in [-0.1, -0.05) is 17.7 Å². The number of hydrogen-bond donors (Lipinski definition) is 1. The fourth-order valence-electron chi connectivity index (χ4n) is 0.492. The summed E-state index contributed by atoms with van der Waals surface area (Å²) in [4.78, 5) is 0.797. The quantitative estimate of drug-likeness (QED) is 0.641. The van der Waals surface area contributed by atoms with Crippen molar-refractivity contribution in [2.75, 3.05) is 0 Å². The number of halogens is 2. The van der Waals surface area contributed by atoms with Gasteiger partial charge in [-0.2, -0.15) is 0 Å². The molecule has 0 atom stereocenters. The smallest absolute Gasteiger partial charge is 0.0681 e. The Labute approximate surface area is 72.8 Å². The third kappa shape index (κ3) is 1.63. The Bertz CT molecular complexity index is 204. The van der Waals surface area contributed by atoms with Crippen molar-refractivity contribution in [3.05, 3.63) is 27.7 Å². The molecule has 0 heterocycles. The molecule has 1 aromatic carbocycles. The molecule has 0 amide bonds. The Balaban J connectivity index is 3.25. The molecule has 0 saturated heterocycles. The molecular weight excluding hydrogens is 219 g/mol. The van der Waals surface area contributed by atoms with Gasteiger partial charge in [-0.15, -0.1) is 12.6 Å². The van der Waals surface area contributed by atoms with E-state index < -0.39 is 0 Å². The zero-order chi connectivity index (χ0) is 6.85. The molecule has 1 aromatic rings. The van der Waals surface area contributed by atoms with E-state index in [4.69, 9.17) is 11.6 Å². The summed E-state index contributed by atoms with van der Waals surface area (Å²) in [5.41, 5.74) is 0. The van der Waals surface area contributed by atoms with Crippen LogP contribution in [-0.2, 0) is 0 Å². The summed E-state index contributed by atoms with van der Waals surface area (Å²) in [6.07, 6.45) is 0. The predicted octanol–water partition coefficient (Wildman–Crippen LogP) is 3.39. The largest absolute Gasteiger partial charge is 0.142 e. The van der Waals surface area contributed by atoms with E-state index in [2.05, 4.69) is 28.6 Å². The lowest BCUT2D eigenvalue weighted by molar-refractivity contribution is 1.45. The van der Waals surface area contributed by atoms with E-state index in [0.29, 0.717) is 5.02 Å². The average molecular weight is 224 g/mol. The third-order valence-corrected chi connectivity index (χ3v) is 2.73. The molecule has 9 heavy (non-hydrogen) atoms. The molecule has 0 aromatic heterocycles. The van der Waals surface area contributed by atoms with Gasteiger partial charge in [-0.3, -0.25) is 0 Å². The first-order valence-corrected chi connectivity index (χ1v) is 3.96. The van der Waals surface area contributed by atoms with E-state index in [0.717, 1.165) is 9.37 Å². The van der Waals surface area contributed by atoms with Gasteiger partial charge in [-0.25, -0.2) is 0 Å². The van der Waals surface area contributed by atoms with Gasteiger partial charge in [-0.05, 0) is 28.1 Å². The van der Waals surface area contributed by atoms with Crippen molar-refractivity contribution in [3.8, 4) is 0 Å². The molecule has 0 aliphatic heterocycles. The van der Waals surface area contributed by atoms with Gasteiger partial charge in [0.15, 0.2) is 0 Å². The molecule has 3 heteroatoms. The number of hydrogen-bond acceptors (Lipinski definition) is 1. The van der Waals surface area contributed by atoms with Gasteiger partial charge in [0, 0.05) is 9.37 Å². The fraction of sp³-hybridized carbons (Fsp3) is 0. The van der Waals surface area contributed by atoms with Crippen LogP contribution in [0.4, 0.5) is 0 Å². The molecule has 0 aliphatic carbocycles. The van der Waals surface area contributed by atoms with E-state index in [1.807, 2.05) is 18.2 Å². The van der Waals surface area contributed by atoms with Crippen LogP contribution in [0.5, 0.6) is 0 Å². The van der Waals surface area contributed by atoms with Crippen LogP contribution in [0.2, 0.25) is 5.02 Å². The molecule has 0 unspecified atom stereocenters. The van der Waals surface area contributed by atoms with Crippen LogP contribution in [0.1, 0.15) is 0 Å². The monoisotopic (exact) mass is 222 g/mol. The highest BCUT2D eigenvalue weighted by atomic mass is 79.9. The zero-order valence-electron chi connectivity index (χ0n) is 4.44. The van der Waals surface area contributed by atoms with Crippen LogP contribution >= 0.6 is 40.2 Å². The van der Waals surface area contributed by atoms with E-state index in [1.54, 1.807) is 0 Å². The van der Waals surface area contributed by atoms with Crippen LogP contribution in [0.15, 0.2) is 27.6 Å². The lowest BCUT2D eigenvalue weighted by Gasteiger charge is -1.95. The van der Waals surface area contributed by atoms with Crippen LogP contribution in [0, 0.1) is 0 Å². The van der Waals surface area contributed by atoms with Crippen LogP contribution in [0.3, 0.4) is 0 Å². The van der Waals surface area contributed by atoms with Crippen molar-refractivity contribution in [1.82, 2.24) is 0 Å². The molecule has 0 spiro atoms. The Morgan fingerprint density at radius 2 is 2.11 bits per heavy atom. The van der Waals surface area contributed by atoms with Crippen molar-refractivity contribution in [2.45, 2.75) is 4.90 Å². The molecule has 0 aliphatic rings.